The second-order valence-electron chi connectivity index (χ2n) is 16.3. The lowest BCUT2D eigenvalue weighted by Crippen LogP contribution is -2.31. The van der Waals surface area contributed by atoms with Crippen molar-refractivity contribution >= 4 is 34.1 Å². The van der Waals surface area contributed by atoms with Gasteiger partial charge >= 0.3 is 6.18 Å². The molecule has 0 aliphatic carbocycles. The molecule has 9 rings (SSSR count). The molecule has 2 aliphatic rings. The average molecular weight is 741 g/mol. The van der Waals surface area contributed by atoms with Gasteiger partial charge in [-0.05, 0) is 124 Å². The lowest BCUT2D eigenvalue weighted by atomic mass is 9.73. The summed E-state index contributed by atoms with van der Waals surface area (Å²) < 4.78 is 40.3. The second-order valence-corrected chi connectivity index (χ2v) is 16.3. The van der Waals surface area contributed by atoms with E-state index in [1.165, 1.54) is 34.4 Å². The summed E-state index contributed by atoms with van der Waals surface area (Å²) in [5.41, 5.74) is 16.4. The van der Waals surface area contributed by atoms with Crippen LogP contribution in [0.3, 0.4) is 0 Å². The van der Waals surface area contributed by atoms with Crippen molar-refractivity contribution in [1.29, 1.82) is 0 Å². The number of halogens is 3. The van der Waals surface area contributed by atoms with Gasteiger partial charge in [0.15, 0.2) is 0 Å². The fourth-order valence-electron chi connectivity index (χ4n) is 9.18. The third-order valence-corrected chi connectivity index (χ3v) is 12.1. The highest BCUT2D eigenvalue weighted by molar-refractivity contribution is 5.93. The molecule has 0 spiro atoms. The smallest absolute Gasteiger partial charge is 0.310 e. The van der Waals surface area contributed by atoms with Crippen LogP contribution in [0.15, 0.2) is 152 Å². The highest BCUT2D eigenvalue weighted by atomic mass is 19.4. The van der Waals surface area contributed by atoms with Gasteiger partial charge in [-0.25, -0.2) is 0 Å². The highest BCUT2D eigenvalue weighted by Crippen LogP contribution is 2.55. The normalized spacial score (nSPS) is 15.1. The molecule has 0 unspecified atom stereocenters. The van der Waals surface area contributed by atoms with Crippen LogP contribution in [-0.4, -0.2) is 0 Å². The summed E-state index contributed by atoms with van der Waals surface area (Å²) in [6.07, 6.45) is -4.38. The third-order valence-electron chi connectivity index (χ3n) is 12.1. The molecule has 0 radical (unpaired) electrons. The van der Waals surface area contributed by atoms with Crippen molar-refractivity contribution in [3.63, 3.8) is 0 Å². The Labute approximate surface area is 327 Å². The number of hydrogen-bond acceptors (Lipinski definition) is 2. The van der Waals surface area contributed by atoms with Crippen molar-refractivity contribution in [2.24, 2.45) is 0 Å². The molecule has 2 aliphatic heterocycles. The van der Waals surface area contributed by atoms with E-state index in [1.807, 2.05) is 6.92 Å². The van der Waals surface area contributed by atoms with Crippen molar-refractivity contribution < 1.29 is 13.2 Å². The van der Waals surface area contributed by atoms with E-state index < -0.39 is 11.7 Å². The minimum atomic E-state index is -4.38. The molecule has 0 atom stereocenters. The number of fused-ring (bicyclic) bond motifs is 4. The quantitative estimate of drug-likeness (QED) is 0.177. The molecule has 5 heteroatoms. The zero-order chi connectivity index (χ0) is 39.1. The Kier molecular flexibility index (Phi) is 8.10. The summed E-state index contributed by atoms with van der Waals surface area (Å²) in [5.74, 6) is 0. The van der Waals surface area contributed by atoms with Gasteiger partial charge in [0.2, 0.25) is 0 Å². The van der Waals surface area contributed by atoms with E-state index in [-0.39, 0.29) is 10.8 Å². The molecule has 0 N–H and O–H groups in total. The molecule has 56 heavy (non-hydrogen) atoms. The van der Waals surface area contributed by atoms with Crippen LogP contribution in [0.2, 0.25) is 0 Å². The lowest BCUT2D eigenvalue weighted by Gasteiger charge is -2.43. The molecule has 7 aromatic rings. The van der Waals surface area contributed by atoms with E-state index >= 15 is 0 Å². The maximum atomic E-state index is 13.4. The van der Waals surface area contributed by atoms with E-state index in [2.05, 4.69) is 172 Å². The van der Waals surface area contributed by atoms with Gasteiger partial charge in [-0.3, -0.25) is 0 Å². The number of alkyl halides is 3. The van der Waals surface area contributed by atoms with Gasteiger partial charge in [0.25, 0.3) is 0 Å². The van der Waals surface area contributed by atoms with E-state index in [1.54, 1.807) is 12.1 Å². The average Bonchev–Trinajstić information content (AvgIpc) is 3.19. The van der Waals surface area contributed by atoms with Crippen molar-refractivity contribution in [2.75, 3.05) is 9.80 Å². The van der Waals surface area contributed by atoms with Crippen LogP contribution in [0, 0.1) is 13.8 Å². The Morgan fingerprint density at radius 3 is 1.11 bits per heavy atom. The van der Waals surface area contributed by atoms with E-state index in [0.29, 0.717) is 0 Å². The Morgan fingerprint density at radius 2 is 0.750 bits per heavy atom. The van der Waals surface area contributed by atoms with Gasteiger partial charge in [0, 0.05) is 22.2 Å². The monoisotopic (exact) mass is 740 g/mol. The summed E-state index contributed by atoms with van der Waals surface area (Å²) in [6.45, 7) is 13.3. The minimum Gasteiger partial charge on any atom is -0.310 e. The van der Waals surface area contributed by atoms with E-state index in [9.17, 15) is 13.2 Å². The molecular formula is C51H43F3N2. The molecule has 0 aromatic heterocycles. The van der Waals surface area contributed by atoms with Gasteiger partial charge in [-0.15, -0.1) is 0 Å². The fraction of sp³-hybridized carbons (Fsp3) is 0.176. The first-order valence-electron chi connectivity index (χ1n) is 19.2. The molecule has 0 saturated carbocycles. The zero-order valence-electron chi connectivity index (χ0n) is 32.5. The van der Waals surface area contributed by atoms with Crippen LogP contribution >= 0.6 is 0 Å². The topological polar surface area (TPSA) is 6.48 Å². The predicted octanol–water partition coefficient (Wildman–Crippen LogP) is 14.9. The molecular weight excluding hydrogens is 698 g/mol. The molecule has 2 heterocycles. The summed E-state index contributed by atoms with van der Waals surface area (Å²) >= 11 is 0. The van der Waals surface area contributed by atoms with Gasteiger partial charge < -0.3 is 9.80 Å². The van der Waals surface area contributed by atoms with Crippen molar-refractivity contribution in [2.45, 2.75) is 58.5 Å². The number of aryl methyl sites for hydroxylation is 2. The van der Waals surface area contributed by atoms with Gasteiger partial charge in [-0.2, -0.15) is 13.2 Å². The van der Waals surface area contributed by atoms with Crippen molar-refractivity contribution in [1.82, 2.24) is 0 Å². The summed E-state index contributed by atoms with van der Waals surface area (Å²) in [4.78, 5) is 4.82. The van der Waals surface area contributed by atoms with Crippen LogP contribution in [0.5, 0.6) is 0 Å². The number of anilines is 6. The first-order valence-corrected chi connectivity index (χ1v) is 19.2. The van der Waals surface area contributed by atoms with Crippen LogP contribution in [0.25, 0.3) is 22.3 Å². The maximum absolute atomic E-state index is 13.4. The van der Waals surface area contributed by atoms with Gasteiger partial charge in [0.1, 0.15) is 0 Å². The Hall–Kier alpha value is -6.07. The third kappa shape index (κ3) is 5.55. The number of para-hydroxylation sites is 4. The first kappa shape index (κ1) is 35.6. The summed E-state index contributed by atoms with van der Waals surface area (Å²) in [7, 11) is 0. The van der Waals surface area contributed by atoms with Gasteiger partial charge in [0.05, 0.1) is 28.3 Å². The summed E-state index contributed by atoms with van der Waals surface area (Å²) in [5, 5.41) is 0. The Morgan fingerprint density at radius 1 is 0.411 bits per heavy atom. The molecule has 0 amide bonds. The maximum Gasteiger partial charge on any atom is 0.416 e. The van der Waals surface area contributed by atoms with Crippen molar-refractivity contribution in [3.8, 4) is 22.3 Å². The first-order chi connectivity index (χ1) is 26.7. The summed E-state index contributed by atoms with van der Waals surface area (Å²) in [6, 6.07) is 51.5. The number of nitrogens with zero attached hydrogens (tertiary/aromatic N) is 2. The molecule has 0 bridgehead atoms. The zero-order valence-corrected chi connectivity index (χ0v) is 32.5. The van der Waals surface area contributed by atoms with E-state index in [4.69, 9.17) is 0 Å². The number of rotatable bonds is 4. The van der Waals surface area contributed by atoms with Crippen LogP contribution < -0.4 is 9.80 Å². The largest absolute Gasteiger partial charge is 0.416 e. The fourth-order valence-corrected chi connectivity index (χ4v) is 9.18. The minimum absolute atomic E-state index is 0.206. The van der Waals surface area contributed by atoms with Gasteiger partial charge in [-0.1, -0.05) is 125 Å². The molecule has 2 nitrogen and oxygen atoms in total. The van der Waals surface area contributed by atoms with Crippen molar-refractivity contribution in [3.05, 3.63) is 191 Å². The molecule has 0 saturated heterocycles. The molecule has 7 aromatic carbocycles. The second kappa shape index (κ2) is 12.7. The van der Waals surface area contributed by atoms with E-state index in [0.717, 1.165) is 67.5 Å². The molecule has 278 valence electrons. The number of benzene rings is 7. The highest BCUT2D eigenvalue weighted by Gasteiger charge is 2.39. The molecule has 0 fully saturated rings. The lowest BCUT2D eigenvalue weighted by molar-refractivity contribution is -0.137. The Bertz CT molecular complexity index is 2440. The van der Waals surface area contributed by atoms with Crippen LogP contribution in [0.4, 0.5) is 47.3 Å². The SMILES string of the molecule is Cc1cc(-c2cc(N3c4ccccc4C(C)(C)c4ccccc43)cc(N3c4ccccc4C(C)(C)c4ccccc43)c2)c(C)cc1-c1ccc(C(F)(F)F)cc1. The van der Waals surface area contributed by atoms with Crippen LogP contribution in [0.1, 0.15) is 66.6 Å². The number of hydrogen-bond donors (Lipinski definition) is 0. The Balaban J connectivity index is 1.29. The predicted molar refractivity (Wildman–Crippen MR) is 225 cm³/mol. The standard InChI is InChI=1S/C51H43F3N2/c1-32-28-40(33(2)27-39(32)34-23-25-36(26-24-34)51(52,53)54)35-29-37(55-45-19-11-7-15-41(45)49(3,4)42-16-8-12-20-46(42)55)31-38(30-35)56-47-21-13-9-17-43(47)50(5,6)44-18-10-14-22-48(44)56/h7-31H,1-6H3. The van der Waals surface area contributed by atoms with Crippen LogP contribution in [-0.2, 0) is 17.0 Å².